The van der Waals surface area contributed by atoms with Crippen LogP contribution in [0.2, 0.25) is 0 Å². The minimum atomic E-state index is 0.610. The molecule has 6 heteroatoms. The SMILES string of the molecule is C=C/C(C)=C(\C=C/C)c1cc(-c2cnc(NCc3ccco3)s2)cn2ccnc12. The molecule has 4 heterocycles. The lowest BCUT2D eigenvalue weighted by Gasteiger charge is -2.10. The van der Waals surface area contributed by atoms with Crippen molar-refractivity contribution < 1.29 is 4.42 Å². The van der Waals surface area contributed by atoms with Gasteiger partial charge in [0.1, 0.15) is 11.4 Å². The van der Waals surface area contributed by atoms with Crippen molar-refractivity contribution in [2.45, 2.75) is 20.4 Å². The van der Waals surface area contributed by atoms with Crippen LogP contribution in [0.25, 0.3) is 21.7 Å². The molecule has 0 fully saturated rings. The van der Waals surface area contributed by atoms with Gasteiger partial charge in [-0.15, -0.1) is 0 Å². The van der Waals surface area contributed by atoms with Crippen molar-refractivity contribution in [3.05, 3.63) is 91.0 Å². The zero-order valence-electron chi connectivity index (χ0n) is 16.4. The van der Waals surface area contributed by atoms with E-state index in [2.05, 4.69) is 51.5 Å². The Labute approximate surface area is 173 Å². The lowest BCUT2D eigenvalue weighted by Crippen LogP contribution is -1.96. The van der Waals surface area contributed by atoms with Crippen LogP contribution in [0.3, 0.4) is 0 Å². The van der Waals surface area contributed by atoms with E-state index in [9.17, 15) is 0 Å². The van der Waals surface area contributed by atoms with Crippen molar-refractivity contribution in [3.63, 3.8) is 0 Å². The zero-order valence-corrected chi connectivity index (χ0v) is 17.2. The average Bonchev–Trinajstić information content (AvgIpc) is 3.50. The zero-order chi connectivity index (χ0) is 20.2. The second-order valence-electron chi connectivity index (χ2n) is 6.56. The molecule has 0 atom stereocenters. The number of furan rings is 1. The molecule has 4 aromatic rings. The summed E-state index contributed by atoms with van der Waals surface area (Å²) in [6.45, 7) is 8.63. The van der Waals surface area contributed by atoms with Crippen LogP contribution >= 0.6 is 11.3 Å². The van der Waals surface area contributed by atoms with Gasteiger partial charge in [-0.1, -0.05) is 36.1 Å². The quantitative estimate of drug-likeness (QED) is 0.374. The molecule has 5 nitrogen and oxygen atoms in total. The maximum Gasteiger partial charge on any atom is 0.183 e. The molecular weight excluding hydrogens is 380 g/mol. The fourth-order valence-corrected chi connectivity index (χ4v) is 3.93. The molecule has 0 saturated carbocycles. The number of hydrogen-bond acceptors (Lipinski definition) is 5. The van der Waals surface area contributed by atoms with Crippen molar-refractivity contribution >= 4 is 27.7 Å². The van der Waals surface area contributed by atoms with Gasteiger partial charge in [-0.05, 0) is 43.2 Å². The van der Waals surface area contributed by atoms with E-state index in [-0.39, 0.29) is 0 Å². The van der Waals surface area contributed by atoms with Gasteiger partial charge in [0.05, 0.1) is 17.7 Å². The fraction of sp³-hybridized carbons (Fsp3) is 0.130. The molecule has 0 aromatic carbocycles. The summed E-state index contributed by atoms with van der Waals surface area (Å²) in [6, 6.07) is 6.00. The van der Waals surface area contributed by atoms with Crippen LogP contribution < -0.4 is 5.32 Å². The van der Waals surface area contributed by atoms with E-state index in [1.807, 2.05) is 49.8 Å². The van der Waals surface area contributed by atoms with E-state index < -0.39 is 0 Å². The van der Waals surface area contributed by atoms with Crippen LogP contribution in [0.1, 0.15) is 25.2 Å². The lowest BCUT2D eigenvalue weighted by molar-refractivity contribution is 0.518. The predicted molar refractivity (Wildman–Crippen MR) is 120 cm³/mol. The smallest absolute Gasteiger partial charge is 0.183 e. The first-order valence-electron chi connectivity index (χ1n) is 9.35. The minimum absolute atomic E-state index is 0.610. The molecule has 146 valence electrons. The number of allylic oxidation sites excluding steroid dienone is 5. The van der Waals surface area contributed by atoms with Crippen LogP contribution in [0.4, 0.5) is 5.13 Å². The van der Waals surface area contributed by atoms with Crippen LogP contribution in [0.5, 0.6) is 0 Å². The summed E-state index contributed by atoms with van der Waals surface area (Å²) in [5.74, 6) is 0.880. The number of anilines is 1. The van der Waals surface area contributed by atoms with Crippen molar-refractivity contribution in [2.75, 3.05) is 5.32 Å². The van der Waals surface area contributed by atoms with Crippen molar-refractivity contribution in [1.82, 2.24) is 14.4 Å². The number of fused-ring (bicyclic) bond motifs is 1. The van der Waals surface area contributed by atoms with Gasteiger partial charge in [-0.25, -0.2) is 9.97 Å². The number of nitrogens with zero attached hydrogens (tertiary/aromatic N) is 3. The molecular formula is C23H22N4OS. The molecule has 0 aliphatic rings. The summed E-state index contributed by atoms with van der Waals surface area (Å²) >= 11 is 1.62. The minimum Gasteiger partial charge on any atom is -0.467 e. The Morgan fingerprint density at radius 2 is 2.28 bits per heavy atom. The number of nitrogens with one attached hydrogen (secondary N) is 1. The van der Waals surface area contributed by atoms with Gasteiger partial charge in [-0.2, -0.15) is 0 Å². The van der Waals surface area contributed by atoms with E-state index in [1.54, 1.807) is 17.6 Å². The van der Waals surface area contributed by atoms with Crippen molar-refractivity contribution in [2.24, 2.45) is 0 Å². The highest BCUT2D eigenvalue weighted by Gasteiger charge is 2.13. The van der Waals surface area contributed by atoms with E-state index >= 15 is 0 Å². The maximum absolute atomic E-state index is 5.37. The normalized spacial score (nSPS) is 12.5. The third-order valence-electron chi connectivity index (χ3n) is 4.63. The van der Waals surface area contributed by atoms with Crippen molar-refractivity contribution in [3.8, 4) is 10.4 Å². The Kier molecular flexibility index (Phi) is 5.44. The van der Waals surface area contributed by atoms with Crippen LogP contribution in [-0.2, 0) is 6.54 Å². The topological polar surface area (TPSA) is 55.4 Å². The Morgan fingerprint density at radius 1 is 1.38 bits per heavy atom. The molecule has 0 amide bonds. The third-order valence-corrected chi connectivity index (χ3v) is 5.63. The van der Waals surface area contributed by atoms with Gasteiger partial charge in [-0.3, -0.25) is 0 Å². The highest BCUT2D eigenvalue weighted by atomic mass is 32.1. The summed E-state index contributed by atoms with van der Waals surface area (Å²) in [6.07, 6.45) is 15.5. The summed E-state index contributed by atoms with van der Waals surface area (Å²) in [5, 5.41) is 4.17. The lowest BCUT2D eigenvalue weighted by atomic mass is 9.99. The molecule has 29 heavy (non-hydrogen) atoms. The van der Waals surface area contributed by atoms with Gasteiger partial charge in [0.15, 0.2) is 5.13 Å². The number of hydrogen-bond donors (Lipinski definition) is 1. The van der Waals surface area contributed by atoms with Gasteiger partial charge >= 0.3 is 0 Å². The first-order chi connectivity index (χ1) is 14.2. The van der Waals surface area contributed by atoms with Crippen LogP contribution in [0, 0.1) is 0 Å². The number of pyridine rings is 1. The standard InChI is InChI=1S/C23H22N4OS/c1-4-7-19(16(3)5-2)20-12-17(15-27-10-9-24-22(20)27)21-14-26-23(29-21)25-13-18-8-6-11-28-18/h4-12,14-15H,2,13H2,1,3H3,(H,25,26)/b7-4-,19-16+. The molecule has 0 radical (unpaired) electrons. The summed E-state index contributed by atoms with van der Waals surface area (Å²) < 4.78 is 7.42. The molecule has 4 aromatic heterocycles. The Hall–Kier alpha value is -3.38. The monoisotopic (exact) mass is 402 g/mol. The molecule has 0 spiro atoms. The number of aromatic nitrogens is 3. The van der Waals surface area contributed by atoms with Crippen LogP contribution in [0.15, 0.2) is 84.0 Å². The second-order valence-corrected chi connectivity index (χ2v) is 7.59. The Balaban J connectivity index is 1.73. The van der Waals surface area contributed by atoms with E-state index in [0.717, 1.165) is 43.7 Å². The van der Waals surface area contributed by atoms with E-state index in [1.165, 1.54) is 0 Å². The number of rotatable bonds is 7. The summed E-state index contributed by atoms with van der Waals surface area (Å²) in [5.41, 5.74) is 5.30. The third kappa shape index (κ3) is 3.93. The fourth-order valence-electron chi connectivity index (χ4n) is 3.14. The largest absolute Gasteiger partial charge is 0.467 e. The van der Waals surface area contributed by atoms with Crippen molar-refractivity contribution in [1.29, 1.82) is 0 Å². The molecule has 1 N–H and O–H groups in total. The highest BCUT2D eigenvalue weighted by molar-refractivity contribution is 7.18. The van der Waals surface area contributed by atoms with E-state index in [4.69, 9.17) is 4.42 Å². The summed E-state index contributed by atoms with van der Waals surface area (Å²) in [7, 11) is 0. The van der Waals surface area contributed by atoms with E-state index in [0.29, 0.717) is 6.54 Å². The predicted octanol–water partition coefficient (Wildman–Crippen LogP) is 6.20. The van der Waals surface area contributed by atoms with Crippen LogP contribution in [-0.4, -0.2) is 14.4 Å². The number of thiazole rings is 1. The second kappa shape index (κ2) is 8.32. The first kappa shape index (κ1) is 19.0. The molecule has 0 aliphatic carbocycles. The first-order valence-corrected chi connectivity index (χ1v) is 10.2. The van der Waals surface area contributed by atoms with Gasteiger partial charge < -0.3 is 14.1 Å². The molecule has 0 bridgehead atoms. The van der Waals surface area contributed by atoms with Gasteiger partial charge in [0.2, 0.25) is 0 Å². The molecule has 0 aliphatic heterocycles. The summed E-state index contributed by atoms with van der Waals surface area (Å²) in [4.78, 5) is 10.2. The van der Waals surface area contributed by atoms with Gasteiger partial charge in [0.25, 0.3) is 0 Å². The molecule has 0 unspecified atom stereocenters. The Bertz CT molecular complexity index is 1190. The molecule has 4 rings (SSSR count). The average molecular weight is 403 g/mol. The van der Waals surface area contributed by atoms with Gasteiger partial charge in [0, 0.05) is 35.9 Å². The number of imidazole rings is 1. The Morgan fingerprint density at radius 3 is 3.03 bits per heavy atom. The maximum atomic E-state index is 5.37. The molecule has 0 saturated heterocycles. The highest BCUT2D eigenvalue weighted by Crippen LogP contribution is 2.33.